The zero-order chi connectivity index (χ0) is 21.2. The molecule has 4 aliphatic rings. The molecule has 2 unspecified atom stereocenters. The SMILES string of the molecule is CC1=C2[C-]=CC=C2C(S(=O)(=O)O)=C1.CC1=[C-]C2=CC(C)P(C)C2=C1.C[C](C)=[Zr+2].[Cl-].[Cl-]. The van der Waals surface area contributed by atoms with Crippen molar-refractivity contribution in [3.05, 3.63) is 80.6 Å². The molecule has 0 aromatic rings. The summed E-state index contributed by atoms with van der Waals surface area (Å²) in [5, 5.41) is 1.56. The van der Waals surface area contributed by atoms with Crippen molar-refractivity contribution < 1.29 is 62.0 Å². The molecular formula is C22H25Cl2O3PSZr-2. The number of hydrogen-bond donors (Lipinski definition) is 1. The first-order chi connectivity index (χ1) is 12.9. The Balaban J connectivity index is 0.000000455. The van der Waals surface area contributed by atoms with Crippen molar-refractivity contribution in [3.63, 3.8) is 0 Å². The molecule has 162 valence electrons. The van der Waals surface area contributed by atoms with Crippen molar-refractivity contribution in [2.24, 2.45) is 0 Å². The van der Waals surface area contributed by atoms with Crippen LogP contribution in [0, 0.1) is 12.2 Å². The summed E-state index contributed by atoms with van der Waals surface area (Å²) in [7, 11) is -4.01. The van der Waals surface area contributed by atoms with Gasteiger partial charge in [0, 0.05) is 4.91 Å². The molecule has 0 bridgehead atoms. The molecule has 0 aromatic carbocycles. The average Bonchev–Trinajstić information content (AvgIpc) is 3.26. The van der Waals surface area contributed by atoms with Crippen LogP contribution in [-0.2, 0) is 34.4 Å². The van der Waals surface area contributed by atoms with Crippen LogP contribution in [0.25, 0.3) is 0 Å². The third-order valence-electron chi connectivity index (χ3n) is 4.39. The Hall–Kier alpha value is -0.147. The largest absolute Gasteiger partial charge is 1.00 e. The van der Waals surface area contributed by atoms with Crippen LogP contribution in [-0.4, -0.2) is 28.5 Å². The second kappa shape index (κ2) is 12.2. The van der Waals surface area contributed by atoms with E-state index >= 15 is 0 Å². The van der Waals surface area contributed by atoms with Crippen molar-refractivity contribution in [1.29, 1.82) is 0 Å². The molecule has 0 amide bonds. The predicted octanol–water partition coefficient (Wildman–Crippen LogP) is -0.785. The maximum atomic E-state index is 10.9. The molecule has 0 spiro atoms. The summed E-state index contributed by atoms with van der Waals surface area (Å²) in [5.41, 5.74) is 5.56. The van der Waals surface area contributed by atoms with Gasteiger partial charge >= 0.3 is 41.3 Å². The third-order valence-corrected chi connectivity index (χ3v) is 7.79. The first-order valence-corrected chi connectivity index (χ1v) is 13.4. The molecule has 0 saturated heterocycles. The van der Waals surface area contributed by atoms with E-state index in [0.717, 1.165) is 16.8 Å². The third kappa shape index (κ3) is 7.47. The van der Waals surface area contributed by atoms with Crippen molar-refractivity contribution in [2.45, 2.75) is 40.3 Å². The van der Waals surface area contributed by atoms with Gasteiger partial charge in [-0.05, 0) is 12.3 Å². The molecule has 0 saturated carbocycles. The van der Waals surface area contributed by atoms with Crippen LogP contribution in [0.4, 0.5) is 0 Å². The molecule has 1 aliphatic heterocycles. The summed E-state index contributed by atoms with van der Waals surface area (Å²) in [6.45, 7) is 12.8. The van der Waals surface area contributed by atoms with Crippen LogP contribution in [0.1, 0.15) is 34.6 Å². The number of rotatable bonds is 1. The Labute approximate surface area is 209 Å². The van der Waals surface area contributed by atoms with Crippen molar-refractivity contribution >= 4 is 21.2 Å². The molecule has 30 heavy (non-hydrogen) atoms. The first kappa shape index (κ1) is 29.9. The van der Waals surface area contributed by atoms with E-state index in [1.165, 1.54) is 20.4 Å². The van der Waals surface area contributed by atoms with Gasteiger partial charge in [-0.25, -0.2) is 0 Å². The van der Waals surface area contributed by atoms with Gasteiger partial charge in [-0.3, -0.25) is 4.55 Å². The van der Waals surface area contributed by atoms with Crippen molar-refractivity contribution in [2.75, 3.05) is 6.66 Å². The molecular weight excluding hydrogens is 537 g/mol. The van der Waals surface area contributed by atoms with Crippen molar-refractivity contribution in [3.8, 4) is 0 Å². The fourth-order valence-corrected chi connectivity index (χ4v) is 5.54. The first-order valence-electron chi connectivity index (χ1n) is 8.91. The number of hydrogen-bond acceptors (Lipinski definition) is 2. The standard InChI is InChI=1S/C10H12P.C9H7O3S.C3H6.2ClH.Zr/c1-7-4-9-6-8(2)11(3)10(9)5-7;1-6-5-9(13(10,11)12)8-4-2-3-7(6)8;1-3-2;;;/h5-6,8H,1-3H3;2,4-5H,1H3,(H,10,11,12);1-2H3;2*1H;/q2*-1;;;;+2/p-2. The van der Waals surface area contributed by atoms with Gasteiger partial charge in [-0.15, -0.1) is 47.7 Å². The second-order valence-corrected chi connectivity index (χ2v) is 13.6. The van der Waals surface area contributed by atoms with Gasteiger partial charge in [0.15, 0.2) is 0 Å². The van der Waals surface area contributed by atoms with E-state index in [0.29, 0.717) is 5.57 Å². The van der Waals surface area contributed by atoms with Crippen LogP contribution in [0.2, 0.25) is 0 Å². The average molecular weight is 563 g/mol. The molecule has 1 heterocycles. The smallest absolute Gasteiger partial charge is 1.00 e. The fourth-order valence-electron chi connectivity index (χ4n) is 3.05. The van der Waals surface area contributed by atoms with Gasteiger partial charge < -0.3 is 24.8 Å². The van der Waals surface area contributed by atoms with Gasteiger partial charge in [0.2, 0.25) is 0 Å². The molecule has 3 aliphatic carbocycles. The Morgan fingerprint density at radius 1 is 1.20 bits per heavy atom. The molecule has 0 radical (unpaired) electrons. The van der Waals surface area contributed by atoms with Gasteiger partial charge in [0.05, 0.1) is 0 Å². The summed E-state index contributed by atoms with van der Waals surface area (Å²) in [6, 6.07) is 0. The molecule has 8 heteroatoms. The Bertz CT molecular complexity index is 1020. The van der Waals surface area contributed by atoms with Gasteiger partial charge in [0.1, 0.15) is 0 Å². The van der Waals surface area contributed by atoms with Crippen LogP contribution < -0.4 is 24.8 Å². The molecule has 0 fully saturated rings. The maximum Gasteiger partial charge on any atom is -1.00 e. The number of allylic oxidation sites excluding steroid dienone is 13. The van der Waals surface area contributed by atoms with E-state index in [-0.39, 0.29) is 37.6 Å². The van der Waals surface area contributed by atoms with E-state index in [4.69, 9.17) is 4.55 Å². The molecule has 0 aromatic heterocycles. The number of halogens is 2. The molecule has 4 rings (SSSR count). The maximum absolute atomic E-state index is 10.9. The summed E-state index contributed by atoms with van der Waals surface area (Å²) >= 11 is 1.55. The van der Waals surface area contributed by atoms with Crippen LogP contribution >= 0.6 is 7.92 Å². The quantitative estimate of drug-likeness (QED) is 0.259. The van der Waals surface area contributed by atoms with Gasteiger partial charge in [0.25, 0.3) is 10.1 Å². The molecule has 1 N–H and O–H groups in total. The Morgan fingerprint density at radius 3 is 2.27 bits per heavy atom. The number of fused-ring (bicyclic) bond motifs is 2. The van der Waals surface area contributed by atoms with E-state index in [9.17, 15) is 8.42 Å². The molecule has 3 nitrogen and oxygen atoms in total. The van der Waals surface area contributed by atoms with Crippen LogP contribution in [0.5, 0.6) is 0 Å². The summed E-state index contributed by atoms with van der Waals surface area (Å²) < 4.78 is 32.2. The summed E-state index contributed by atoms with van der Waals surface area (Å²) in [6.07, 6.45) is 15.7. The minimum atomic E-state index is -4.10. The van der Waals surface area contributed by atoms with E-state index in [1.54, 1.807) is 48.6 Å². The van der Waals surface area contributed by atoms with Crippen molar-refractivity contribution in [1.82, 2.24) is 0 Å². The summed E-state index contributed by atoms with van der Waals surface area (Å²) in [4.78, 5) is -0.0266. The van der Waals surface area contributed by atoms with Crippen LogP contribution in [0.15, 0.2) is 68.5 Å². The second-order valence-electron chi connectivity index (χ2n) is 7.20. The zero-order valence-electron chi connectivity index (χ0n) is 17.8. The van der Waals surface area contributed by atoms with E-state index < -0.39 is 10.1 Å². The Kier molecular flexibility index (Phi) is 12.1. The predicted molar refractivity (Wildman–Crippen MR) is 115 cm³/mol. The van der Waals surface area contributed by atoms with Crippen LogP contribution in [0.3, 0.4) is 0 Å². The molecule has 2 atom stereocenters. The fraction of sp³-hybridized carbons (Fsp3) is 0.318. The van der Waals surface area contributed by atoms with E-state index in [2.05, 4.69) is 58.7 Å². The van der Waals surface area contributed by atoms with Gasteiger partial charge in [-0.1, -0.05) is 26.8 Å². The minimum absolute atomic E-state index is 0. The topological polar surface area (TPSA) is 54.4 Å². The normalized spacial score (nSPS) is 22.5. The van der Waals surface area contributed by atoms with Gasteiger partial charge in [-0.2, -0.15) is 38.3 Å². The monoisotopic (exact) mass is 560 g/mol. The van der Waals surface area contributed by atoms with E-state index in [1.807, 2.05) is 0 Å². The minimum Gasteiger partial charge on any atom is -1.00 e. The Morgan fingerprint density at radius 2 is 1.77 bits per heavy atom. The summed E-state index contributed by atoms with van der Waals surface area (Å²) in [5.74, 6) is 0. The zero-order valence-corrected chi connectivity index (χ0v) is 23.5.